The molecule has 0 bridgehead atoms. The molecule has 10 heteroatoms. The molecule has 0 radical (unpaired) electrons. The Labute approximate surface area is 198 Å². The van der Waals surface area contributed by atoms with E-state index < -0.39 is 23.9 Å². The third-order valence-corrected chi connectivity index (χ3v) is 5.92. The highest BCUT2D eigenvalue weighted by Crippen LogP contribution is 2.38. The van der Waals surface area contributed by atoms with Crippen LogP contribution in [0.5, 0.6) is 0 Å². The Hall–Kier alpha value is -4.21. The lowest BCUT2D eigenvalue weighted by molar-refractivity contribution is -0.143. The van der Waals surface area contributed by atoms with Gasteiger partial charge in [-0.05, 0) is 35.9 Å². The Morgan fingerprint density at radius 1 is 1.06 bits per heavy atom. The van der Waals surface area contributed by atoms with Crippen molar-refractivity contribution in [1.29, 1.82) is 0 Å². The number of nitrogens with zero attached hydrogens (tertiary/aromatic N) is 4. The van der Waals surface area contributed by atoms with Crippen molar-refractivity contribution in [1.82, 2.24) is 20.1 Å². The molecule has 1 N–H and O–H groups in total. The molecule has 35 heavy (non-hydrogen) atoms. The summed E-state index contributed by atoms with van der Waals surface area (Å²) in [6.07, 6.45) is 2.93. The van der Waals surface area contributed by atoms with Crippen LogP contribution in [0.4, 0.5) is 18.9 Å². The summed E-state index contributed by atoms with van der Waals surface area (Å²) in [7, 11) is 0. The third kappa shape index (κ3) is 4.23. The maximum absolute atomic E-state index is 13.6. The van der Waals surface area contributed by atoms with Crippen molar-refractivity contribution < 1.29 is 22.8 Å². The summed E-state index contributed by atoms with van der Waals surface area (Å²) >= 11 is 0. The Bertz CT molecular complexity index is 1400. The van der Waals surface area contributed by atoms with Gasteiger partial charge in [-0.3, -0.25) is 9.59 Å². The van der Waals surface area contributed by atoms with Gasteiger partial charge in [0.15, 0.2) is 5.65 Å². The number of hydrogen-bond acceptors (Lipinski definition) is 4. The zero-order valence-corrected chi connectivity index (χ0v) is 18.5. The lowest BCUT2D eigenvalue weighted by Gasteiger charge is -2.29. The summed E-state index contributed by atoms with van der Waals surface area (Å²) in [6, 6.07) is 14.8. The summed E-state index contributed by atoms with van der Waals surface area (Å²) in [4.78, 5) is 31.1. The number of aromatic nitrogens is 3. The number of carbonyl (C=O) groups excluding carboxylic acids is 2. The van der Waals surface area contributed by atoms with Crippen LogP contribution in [0, 0.1) is 5.82 Å². The lowest BCUT2D eigenvalue weighted by Crippen LogP contribution is -2.46. The van der Waals surface area contributed by atoms with Gasteiger partial charge in [0, 0.05) is 18.7 Å². The van der Waals surface area contributed by atoms with Crippen LogP contribution in [0.1, 0.15) is 24.9 Å². The first kappa shape index (κ1) is 22.6. The van der Waals surface area contributed by atoms with Gasteiger partial charge in [-0.2, -0.15) is 13.9 Å². The second-order valence-corrected chi connectivity index (χ2v) is 8.43. The molecule has 1 aliphatic rings. The highest BCUT2D eigenvalue weighted by atomic mass is 19.3. The van der Waals surface area contributed by atoms with Crippen LogP contribution in [-0.4, -0.2) is 38.5 Å². The van der Waals surface area contributed by atoms with Crippen LogP contribution in [-0.2, 0) is 9.59 Å². The number of alkyl halides is 2. The van der Waals surface area contributed by atoms with E-state index in [0.29, 0.717) is 34.9 Å². The lowest BCUT2D eigenvalue weighted by atomic mass is 9.99. The molecule has 2 atom stereocenters. The van der Waals surface area contributed by atoms with Crippen molar-refractivity contribution in [2.24, 2.45) is 0 Å². The Morgan fingerprint density at radius 2 is 1.77 bits per heavy atom. The normalized spacial score (nSPS) is 18.3. The van der Waals surface area contributed by atoms with E-state index in [1.54, 1.807) is 59.4 Å². The maximum atomic E-state index is 13.6. The van der Waals surface area contributed by atoms with Crippen LogP contribution < -0.4 is 10.2 Å². The molecule has 4 aromatic rings. The summed E-state index contributed by atoms with van der Waals surface area (Å²) in [5.74, 6) is -5.72. The van der Waals surface area contributed by atoms with Crippen molar-refractivity contribution in [3.8, 4) is 5.69 Å². The van der Waals surface area contributed by atoms with E-state index in [4.69, 9.17) is 0 Å². The molecule has 1 fully saturated rings. The third-order valence-electron chi connectivity index (χ3n) is 5.92. The average Bonchev–Trinajstić information content (AvgIpc) is 3.39. The summed E-state index contributed by atoms with van der Waals surface area (Å²) < 4.78 is 42.1. The molecule has 1 saturated heterocycles. The van der Waals surface area contributed by atoms with Crippen LogP contribution in [0.2, 0.25) is 0 Å². The standard InChI is InChI=1S/C25H20F3N5O2/c1-25(27,28)24(35)31-20-12-21(34)32(22(20)15-5-3-2-4-6-15)19-11-16-13-30-33(23(16)29-14-19)18-9-7-17(26)8-10-18/h2-11,13-14,20,22H,12H2,1H3,(H,31,35)/t20-,22?/m0/s1. The van der Waals surface area contributed by atoms with Crippen LogP contribution in [0.15, 0.2) is 73.1 Å². The molecule has 5 rings (SSSR count). The van der Waals surface area contributed by atoms with Crippen LogP contribution in [0.25, 0.3) is 16.7 Å². The van der Waals surface area contributed by atoms with Gasteiger partial charge in [0.1, 0.15) is 5.82 Å². The molecule has 0 saturated carbocycles. The highest BCUT2D eigenvalue weighted by Gasteiger charge is 2.45. The number of fused-ring (bicyclic) bond motifs is 1. The highest BCUT2D eigenvalue weighted by molar-refractivity contribution is 5.99. The van der Waals surface area contributed by atoms with Crippen molar-refractivity contribution in [3.63, 3.8) is 0 Å². The van der Waals surface area contributed by atoms with Gasteiger partial charge < -0.3 is 10.2 Å². The second-order valence-electron chi connectivity index (χ2n) is 8.43. The predicted octanol–water partition coefficient (Wildman–Crippen LogP) is 4.18. The minimum atomic E-state index is -3.58. The molecule has 178 valence electrons. The van der Waals surface area contributed by atoms with Crippen molar-refractivity contribution in [2.75, 3.05) is 4.90 Å². The molecule has 2 aromatic heterocycles. The largest absolute Gasteiger partial charge is 0.345 e. The number of hydrogen-bond donors (Lipinski definition) is 1. The number of anilines is 1. The van der Waals surface area contributed by atoms with E-state index in [-0.39, 0.29) is 18.1 Å². The molecular weight excluding hydrogens is 459 g/mol. The molecule has 2 amide bonds. The molecule has 3 heterocycles. The SMILES string of the molecule is CC(F)(F)C(=O)N[C@H]1CC(=O)N(c2cnc3c(cnn3-c3ccc(F)cc3)c2)C1c1ccccc1. The van der Waals surface area contributed by atoms with Crippen molar-refractivity contribution in [3.05, 3.63) is 84.4 Å². The van der Waals surface area contributed by atoms with Gasteiger partial charge in [-0.15, -0.1) is 0 Å². The summed E-state index contributed by atoms with van der Waals surface area (Å²) in [5.41, 5.74) is 2.24. The first-order chi connectivity index (χ1) is 16.7. The van der Waals surface area contributed by atoms with Crippen LogP contribution >= 0.6 is 0 Å². The van der Waals surface area contributed by atoms with Gasteiger partial charge in [0.2, 0.25) is 5.91 Å². The van der Waals surface area contributed by atoms with Crippen molar-refractivity contribution >= 4 is 28.5 Å². The van der Waals surface area contributed by atoms with Gasteiger partial charge in [-0.25, -0.2) is 14.1 Å². The monoisotopic (exact) mass is 479 g/mol. The minimum absolute atomic E-state index is 0.145. The fourth-order valence-electron chi connectivity index (χ4n) is 4.31. The number of halogens is 3. The fraction of sp³-hybridized carbons (Fsp3) is 0.200. The summed E-state index contributed by atoms with van der Waals surface area (Å²) in [5, 5.41) is 7.30. The van der Waals surface area contributed by atoms with E-state index >= 15 is 0 Å². The molecular formula is C25H20F3N5O2. The van der Waals surface area contributed by atoms with E-state index in [1.807, 2.05) is 0 Å². The number of rotatable bonds is 5. The Kier molecular flexibility index (Phi) is 5.50. The molecule has 1 unspecified atom stereocenters. The molecule has 0 spiro atoms. The molecule has 2 aromatic carbocycles. The number of amides is 2. The fourth-order valence-corrected chi connectivity index (χ4v) is 4.31. The van der Waals surface area contributed by atoms with Gasteiger partial charge in [0.05, 0.1) is 35.9 Å². The van der Waals surface area contributed by atoms with Gasteiger partial charge >= 0.3 is 5.92 Å². The first-order valence-electron chi connectivity index (χ1n) is 10.9. The Morgan fingerprint density at radius 3 is 2.46 bits per heavy atom. The zero-order chi connectivity index (χ0) is 24.7. The maximum Gasteiger partial charge on any atom is 0.321 e. The van der Waals surface area contributed by atoms with E-state index in [9.17, 15) is 22.8 Å². The van der Waals surface area contributed by atoms with Crippen LogP contribution in [0.3, 0.4) is 0 Å². The number of carbonyl (C=O) groups is 2. The van der Waals surface area contributed by atoms with E-state index in [2.05, 4.69) is 15.4 Å². The molecule has 7 nitrogen and oxygen atoms in total. The van der Waals surface area contributed by atoms with E-state index in [0.717, 1.165) is 0 Å². The minimum Gasteiger partial charge on any atom is -0.345 e. The number of benzene rings is 2. The predicted molar refractivity (Wildman–Crippen MR) is 123 cm³/mol. The summed E-state index contributed by atoms with van der Waals surface area (Å²) in [6.45, 7) is 0.519. The van der Waals surface area contributed by atoms with Gasteiger partial charge in [-0.1, -0.05) is 30.3 Å². The van der Waals surface area contributed by atoms with Crippen molar-refractivity contribution in [2.45, 2.75) is 31.4 Å². The van der Waals surface area contributed by atoms with E-state index in [1.165, 1.54) is 23.2 Å². The number of nitrogens with one attached hydrogen (secondary N) is 1. The smallest absolute Gasteiger partial charge is 0.321 e. The molecule has 1 aliphatic heterocycles. The molecule has 0 aliphatic carbocycles. The topological polar surface area (TPSA) is 80.1 Å². The zero-order valence-electron chi connectivity index (χ0n) is 18.5. The van der Waals surface area contributed by atoms with Gasteiger partial charge in [0.25, 0.3) is 5.91 Å². The first-order valence-corrected chi connectivity index (χ1v) is 10.9. The second kappa shape index (κ2) is 8.53. The quantitative estimate of drug-likeness (QED) is 0.466. The number of pyridine rings is 1. The Balaban J connectivity index is 1.53. The average molecular weight is 479 g/mol.